The van der Waals surface area contributed by atoms with Gasteiger partial charge in [-0.3, -0.25) is 4.79 Å². The first-order chi connectivity index (χ1) is 13.2. The van der Waals surface area contributed by atoms with Crippen LogP contribution in [0.2, 0.25) is 0 Å². The molecule has 1 fully saturated rings. The zero-order valence-electron chi connectivity index (χ0n) is 15.2. The lowest BCUT2D eigenvalue weighted by molar-refractivity contribution is -0.140. The molecule has 0 aromatic heterocycles. The SMILES string of the molecule is O=C(C1CCC1)N(Cc1ccccc1)C[C@@H]1CC(c2cccc(F)c2)=NO1. The van der Waals surface area contributed by atoms with Crippen molar-refractivity contribution in [2.75, 3.05) is 6.54 Å². The normalized spacial score (nSPS) is 19.1. The van der Waals surface area contributed by atoms with Crippen molar-refractivity contribution in [1.82, 2.24) is 4.90 Å². The number of amides is 1. The highest BCUT2D eigenvalue weighted by molar-refractivity contribution is 6.01. The van der Waals surface area contributed by atoms with E-state index in [-0.39, 0.29) is 23.7 Å². The smallest absolute Gasteiger partial charge is 0.226 e. The number of carbonyl (C=O) groups excluding carboxylic acids is 1. The molecule has 140 valence electrons. The molecule has 0 saturated heterocycles. The fourth-order valence-electron chi connectivity index (χ4n) is 3.56. The lowest BCUT2D eigenvalue weighted by atomic mass is 9.84. The molecule has 4 nitrogen and oxygen atoms in total. The quantitative estimate of drug-likeness (QED) is 0.771. The van der Waals surface area contributed by atoms with Crippen molar-refractivity contribution in [1.29, 1.82) is 0 Å². The van der Waals surface area contributed by atoms with Gasteiger partial charge in [-0.25, -0.2) is 4.39 Å². The van der Waals surface area contributed by atoms with Gasteiger partial charge >= 0.3 is 0 Å². The van der Waals surface area contributed by atoms with Crippen LogP contribution in [0.4, 0.5) is 4.39 Å². The Kier molecular flexibility index (Phi) is 5.19. The van der Waals surface area contributed by atoms with Gasteiger partial charge in [-0.15, -0.1) is 0 Å². The van der Waals surface area contributed by atoms with Gasteiger partial charge in [-0.05, 0) is 30.5 Å². The second-order valence-corrected chi connectivity index (χ2v) is 7.31. The molecule has 0 bridgehead atoms. The van der Waals surface area contributed by atoms with Gasteiger partial charge < -0.3 is 9.74 Å². The fourth-order valence-corrected chi connectivity index (χ4v) is 3.56. The number of benzene rings is 2. The van der Waals surface area contributed by atoms with E-state index in [0.717, 1.165) is 36.1 Å². The minimum Gasteiger partial charge on any atom is -0.390 e. The minimum absolute atomic E-state index is 0.138. The number of hydrogen-bond acceptors (Lipinski definition) is 3. The van der Waals surface area contributed by atoms with E-state index in [9.17, 15) is 9.18 Å². The molecule has 0 unspecified atom stereocenters. The lowest BCUT2D eigenvalue weighted by Crippen LogP contribution is -2.42. The monoisotopic (exact) mass is 366 g/mol. The molecule has 1 aliphatic carbocycles. The molecule has 1 saturated carbocycles. The van der Waals surface area contributed by atoms with Crippen LogP contribution >= 0.6 is 0 Å². The lowest BCUT2D eigenvalue weighted by Gasteiger charge is -2.32. The van der Waals surface area contributed by atoms with Crippen LogP contribution in [0.5, 0.6) is 0 Å². The molecule has 0 spiro atoms. The Hall–Kier alpha value is -2.69. The summed E-state index contributed by atoms with van der Waals surface area (Å²) in [7, 11) is 0. The van der Waals surface area contributed by atoms with Gasteiger partial charge in [-0.2, -0.15) is 0 Å². The van der Waals surface area contributed by atoms with Gasteiger partial charge in [0.05, 0.1) is 12.3 Å². The maximum atomic E-state index is 13.5. The van der Waals surface area contributed by atoms with E-state index in [1.54, 1.807) is 6.07 Å². The van der Waals surface area contributed by atoms with Crippen LogP contribution in [-0.4, -0.2) is 29.2 Å². The standard InChI is InChI=1S/C22H23FN2O2/c23-19-11-5-10-18(12-19)21-13-20(27-24-21)15-25(22(26)17-8-4-9-17)14-16-6-2-1-3-7-16/h1-3,5-7,10-12,17,20H,4,8-9,13-15H2/t20-/m0/s1. The zero-order valence-corrected chi connectivity index (χ0v) is 15.2. The molecule has 5 heteroatoms. The maximum absolute atomic E-state index is 13.5. The number of halogens is 1. The van der Waals surface area contributed by atoms with Gasteiger partial charge in [0.1, 0.15) is 5.82 Å². The summed E-state index contributed by atoms with van der Waals surface area (Å²) in [5, 5.41) is 4.14. The molecule has 1 aliphatic heterocycles. The third-order valence-corrected chi connectivity index (χ3v) is 5.30. The highest BCUT2D eigenvalue weighted by Gasteiger charge is 2.32. The first-order valence-electron chi connectivity index (χ1n) is 9.50. The molecule has 4 rings (SSSR count). The Bertz CT molecular complexity index is 833. The Balaban J connectivity index is 1.43. The first-order valence-corrected chi connectivity index (χ1v) is 9.50. The number of rotatable bonds is 6. The van der Waals surface area contributed by atoms with Crippen molar-refractivity contribution in [3.63, 3.8) is 0 Å². The summed E-state index contributed by atoms with van der Waals surface area (Å²) in [4.78, 5) is 20.4. The second kappa shape index (κ2) is 7.91. The molecule has 0 radical (unpaired) electrons. The molecule has 2 aromatic carbocycles. The summed E-state index contributed by atoms with van der Waals surface area (Å²) in [6, 6.07) is 16.4. The third-order valence-electron chi connectivity index (χ3n) is 5.30. The van der Waals surface area contributed by atoms with Crippen molar-refractivity contribution < 1.29 is 14.0 Å². The van der Waals surface area contributed by atoms with Gasteiger partial charge in [0, 0.05) is 24.4 Å². The molecular formula is C22H23FN2O2. The highest BCUT2D eigenvalue weighted by atomic mass is 19.1. The average molecular weight is 366 g/mol. The van der Waals surface area contributed by atoms with E-state index >= 15 is 0 Å². The molecule has 1 amide bonds. The maximum Gasteiger partial charge on any atom is 0.226 e. The van der Waals surface area contributed by atoms with E-state index in [0.29, 0.717) is 19.5 Å². The fraction of sp³-hybridized carbons (Fsp3) is 0.364. The van der Waals surface area contributed by atoms with Crippen molar-refractivity contribution >= 4 is 11.6 Å². The summed E-state index contributed by atoms with van der Waals surface area (Å²) in [6.07, 6.45) is 3.45. The highest BCUT2D eigenvalue weighted by Crippen LogP contribution is 2.29. The summed E-state index contributed by atoms with van der Waals surface area (Å²) in [5.74, 6) is 0.0520. The number of oxime groups is 1. The van der Waals surface area contributed by atoms with Crippen LogP contribution in [-0.2, 0) is 16.2 Å². The van der Waals surface area contributed by atoms with E-state index in [2.05, 4.69) is 5.16 Å². The first kappa shape index (κ1) is 17.7. The van der Waals surface area contributed by atoms with Crippen molar-refractivity contribution in [3.05, 3.63) is 71.5 Å². The predicted molar refractivity (Wildman–Crippen MR) is 102 cm³/mol. The van der Waals surface area contributed by atoms with Crippen LogP contribution in [0.15, 0.2) is 59.8 Å². The molecule has 2 aliphatic rings. The van der Waals surface area contributed by atoms with Crippen LogP contribution < -0.4 is 0 Å². The number of hydrogen-bond donors (Lipinski definition) is 0. The topological polar surface area (TPSA) is 41.9 Å². The number of nitrogens with zero attached hydrogens (tertiary/aromatic N) is 2. The summed E-state index contributed by atoms with van der Waals surface area (Å²) < 4.78 is 13.5. The van der Waals surface area contributed by atoms with Crippen molar-refractivity contribution in [2.24, 2.45) is 11.1 Å². The molecular weight excluding hydrogens is 343 g/mol. The van der Waals surface area contributed by atoms with Crippen molar-refractivity contribution in [3.8, 4) is 0 Å². The molecule has 27 heavy (non-hydrogen) atoms. The molecule has 1 atom stereocenters. The summed E-state index contributed by atoms with van der Waals surface area (Å²) >= 11 is 0. The van der Waals surface area contributed by atoms with Gasteiger partial charge in [0.2, 0.25) is 5.91 Å². The van der Waals surface area contributed by atoms with Gasteiger partial charge in [0.15, 0.2) is 6.10 Å². The zero-order chi connectivity index (χ0) is 18.6. The Morgan fingerprint density at radius 2 is 1.96 bits per heavy atom. The van der Waals surface area contributed by atoms with Gasteiger partial charge in [0.25, 0.3) is 0 Å². The second-order valence-electron chi connectivity index (χ2n) is 7.31. The van der Waals surface area contributed by atoms with E-state index < -0.39 is 0 Å². The number of carbonyl (C=O) groups is 1. The van der Waals surface area contributed by atoms with E-state index in [4.69, 9.17) is 4.84 Å². The van der Waals surface area contributed by atoms with Crippen LogP contribution in [0.25, 0.3) is 0 Å². The summed E-state index contributed by atoms with van der Waals surface area (Å²) in [6.45, 7) is 1.07. The largest absolute Gasteiger partial charge is 0.390 e. The molecule has 0 N–H and O–H groups in total. The van der Waals surface area contributed by atoms with Crippen molar-refractivity contribution in [2.45, 2.75) is 38.3 Å². The van der Waals surface area contributed by atoms with Crippen LogP contribution in [0.1, 0.15) is 36.8 Å². The van der Waals surface area contributed by atoms with Gasteiger partial charge in [-0.1, -0.05) is 54.0 Å². The predicted octanol–water partition coefficient (Wildman–Crippen LogP) is 4.15. The Labute approximate surface area is 158 Å². The molecule has 2 aromatic rings. The van der Waals surface area contributed by atoms with Crippen LogP contribution in [0, 0.1) is 11.7 Å². The van der Waals surface area contributed by atoms with E-state index in [1.807, 2.05) is 41.3 Å². The third kappa shape index (κ3) is 4.18. The Morgan fingerprint density at radius 1 is 1.15 bits per heavy atom. The van der Waals surface area contributed by atoms with E-state index in [1.165, 1.54) is 12.1 Å². The summed E-state index contributed by atoms with van der Waals surface area (Å²) in [5.41, 5.74) is 2.57. The minimum atomic E-state index is -0.287. The van der Waals surface area contributed by atoms with Crippen LogP contribution in [0.3, 0.4) is 0 Å². The molecule has 1 heterocycles. The average Bonchev–Trinajstić information content (AvgIpc) is 3.09. The Morgan fingerprint density at radius 3 is 2.67 bits per heavy atom.